The maximum atomic E-state index is 13.7. The van der Waals surface area contributed by atoms with Crippen molar-refractivity contribution in [3.8, 4) is 0 Å². The second-order valence-corrected chi connectivity index (χ2v) is 4.42. The van der Waals surface area contributed by atoms with Crippen molar-refractivity contribution in [1.29, 1.82) is 0 Å². The van der Waals surface area contributed by atoms with Gasteiger partial charge in [0.25, 0.3) is 0 Å². The van der Waals surface area contributed by atoms with Crippen molar-refractivity contribution in [2.24, 2.45) is 0 Å². The van der Waals surface area contributed by atoms with E-state index in [1.807, 2.05) is 19.1 Å². The first kappa shape index (κ1) is 14.3. The van der Waals surface area contributed by atoms with Gasteiger partial charge in [0.15, 0.2) is 0 Å². The number of hydrogen-bond donors (Lipinski definition) is 1. The summed E-state index contributed by atoms with van der Waals surface area (Å²) in [6.45, 7) is 2.43. The zero-order chi connectivity index (χ0) is 14.5. The lowest BCUT2D eigenvalue weighted by molar-refractivity contribution is 0.0595. The molecule has 0 aliphatic carbocycles. The molecule has 0 aliphatic rings. The maximum absolute atomic E-state index is 13.7. The van der Waals surface area contributed by atoms with Gasteiger partial charge in [-0.1, -0.05) is 6.07 Å². The number of esters is 1. The average Bonchev–Trinajstić information content (AvgIpc) is 2.98. The number of hydrogen-bond acceptors (Lipinski definition) is 4. The van der Waals surface area contributed by atoms with Gasteiger partial charge in [0, 0.05) is 6.54 Å². The quantitative estimate of drug-likeness (QED) is 0.853. The van der Waals surface area contributed by atoms with Crippen molar-refractivity contribution < 1.29 is 18.3 Å². The van der Waals surface area contributed by atoms with Crippen LogP contribution in [-0.2, 0) is 11.3 Å². The normalized spacial score (nSPS) is 12.2. The Labute approximate surface area is 116 Å². The first-order valence-corrected chi connectivity index (χ1v) is 6.25. The second kappa shape index (κ2) is 6.34. The second-order valence-electron chi connectivity index (χ2n) is 4.42. The predicted octanol–water partition coefficient (Wildman–Crippen LogP) is 3.06. The fraction of sp³-hybridized carbons (Fsp3) is 0.267. The van der Waals surface area contributed by atoms with Gasteiger partial charge in [-0.15, -0.1) is 0 Å². The molecule has 0 bridgehead atoms. The fourth-order valence-electron chi connectivity index (χ4n) is 1.85. The summed E-state index contributed by atoms with van der Waals surface area (Å²) < 4.78 is 23.5. The third-order valence-electron chi connectivity index (χ3n) is 3.02. The number of nitrogens with one attached hydrogen (secondary N) is 1. The molecule has 1 N–H and O–H groups in total. The number of carbonyl (C=O) groups excluding carboxylic acids is 1. The molecule has 0 saturated carbocycles. The van der Waals surface area contributed by atoms with Crippen LogP contribution in [0.2, 0.25) is 0 Å². The lowest BCUT2D eigenvalue weighted by Gasteiger charge is -2.11. The van der Waals surface area contributed by atoms with Crippen molar-refractivity contribution in [1.82, 2.24) is 5.32 Å². The summed E-state index contributed by atoms with van der Waals surface area (Å²) >= 11 is 0. The molecule has 0 spiro atoms. The molecule has 5 heteroatoms. The van der Waals surface area contributed by atoms with Crippen LogP contribution in [-0.4, -0.2) is 13.1 Å². The number of halogens is 1. The summed E-state index contributed by atoms with van der Waals surface area (Å²) in [7, 11) is 1.22. The number of furan rings is 1. The molecule has 0 aliphatic heterocycles. The highest BCUT2D eigenvalue weighted by Crippen LogP contribution is 2.15. The predicted molar refractivity (Wildman–Crippen MR) is 71.7 cm³/mol. The van der Waals surface area contributed by atoms with Crippen LogP contribution in [0.15, 0.2) is 41.0 Å². The molecule has 1 aromatic heterocycles. The smallest absolute Gasteiger partial charge is 0.340 e. The van der Waals surface area contributed by atoms with E-state index in [4.69, 9.17) is 4.42 Å². The summed E-state index contributed by atoms with van der Waals surface area (Å²) in [4.78, 5) is 11.3. The van der Waals surface area contributed by atoms with Crippen LogP contribution in [0.25, 0.3) is 0 Å². The van der Waals surface area contributed by atoms with Gasteiger partial charge in [0.05, 0.1) is 25.0 Å². The summed E-state index contributed by atoms with van der Waals surface area (Å²) in [5, 5.41) is 3.21. The average molecular weight is 277 g/mol. The molecule has 0 radical (unpaired) electrons. The minimum absolute atomic E-state index is 0.0216. The number of benzene rings is 1. The van der Waals surface area contributed by atoms with Crippen molar-refractivity contribution in [3.05, 3.63) is 59.3 Å². The molecule has 0 fully saturated rings. The molecule has 0 saturated heterocycles. The zero-order valence-electron chi connectivity index (χ0n) is 11.4. The molecule has 1 atom stereocenters. The molecular weight excluding hydrogens is 261 g/mol. The lowest BCUT2D eigenvalue weighted by Crippen LogP contribution is -2.18. The van der Waals surface area contributed by atoms with E-state index < -0.39 is 11.8 Å². The Morgan fingerprint density at radius 1 is 1.45 bits per heavy atom. The molecule has 1 aromatic carbocycles. The van der Waals surface area contributed by atoms with Gasteiger partial charge >= 0.3 is 5.97 Å². The van der Waals surface area contributed by atoms with Crippen molar-refractivity contribution in [2.45, 2.75) is 19.5 Å². The highest BCUT2D eigenvalue weighted by atomic mass is 19.1. The van der Waals surface area contributed by atoms with E-state index in [1.54, 1.807) is 12.3 Å². The van der Waals surface area contributed by atoms with Crippen LogP contribution in [0, 0.1) is 5.82 Å². The van der Waals surface area contributed by atoms with Gasteiger partial charge in [0.2, 0.25) is 0 Å². The standard InChI is InChI=1S/C15H16FNO3/c1-10(14-4-3-7-20-14)17-9-11-5-6-12(13(16)8-11)15(18)19-2/h3-8,10,17H,9H2,1-2H3/t10-/m1/s1. The lowest BCUT2D eigenvalue weighted by atomic mass is 10.1. The third kappa shape index (κ3) is 3.24. The molecular formula is C15H16FNO3. The molecule has 0 amide bonds. The van der Waals surface area contributed by atoms with E-state index >= 15 is 0 Å². The van der Waals surface area contributed by atoms with Crippen LogP contribution in [0.4, 0.5) is 4.39 Å². The van der Waals surface area contributed by atoms with Gasteiger partial charge in [-0.05, 0) is 36.8 Å². The Hall–Kier alpha value is -2.14. The van der Waals surface area contributed by atoms with Crippen LogP contribution >= 0.6 is 0 Å². The minimum atomic E-state index is -0.675. The van der Waals surface area contributed by atoms with Crippen LogP contribution in [0.3, 0.4) is 0 Å². The highest BCUT2D eigenvalue weighted by Gasteiger charge is 2.13. The van der Waals surface area contributed by atoms with Crippen LogP contribution in [0.1, 0.15) is 34.6 Å². The van der Waals surface area contributed by atoms with Gasteiger partial charge in [-0.3, -0.25) is 0 Å². The SMILES string of the molecule is COC(=O)c1ccc(CN[C@H](C)c2ccco2)cc1F. The minimum Gasteiger partial charge on any atom is -0.468 e. The van der Waals surface area contributed by atoms with E-state index in [0.717, 1.165) is 11.3 Å². The van der Waals surface area contributed by atoms with E-state index in [1.165, 1.54) is 19.2 Å². The molecule has 20 heavy (non-hydrogen) atoms. The van der Waals surface area contributed by atoms with Gasteiger partial charge < -0.3 is 14.5 Å². The van der Waals surface area contributed by atoms with Crippen LogP contribution < -0.4 is 5.32 Å². The molecule has 2 rings (SSSR count). The summed E-state index contributed by atoms with van der Waals surface area (Å²) in [6, 6.07) is 8.16. The van der Waals surface area contributed by atoms with Gasteiger partial charge in [-0.2, -0.15) is 0 Å². The Bertz CT molecular complexity index is 581. The molecule has 2 aromatic rings. The summed E-state index contributed by atoms with van der Waals surface area (Å²) in [6.07, 6.45) is 1.61. The van der Waals surface area contributed by atoms with Crippen molar-refractivity contribution >= 4 is 5.97 Å². The highest BCUT2D eigenvalue weighted by molar-refractivity contribution is 5.89. The largest absolute Gasteiger partial charge is 0.468 e. The summed E-state index contributed by atoms with van der Waals surface area (Å²) in [5.74, 6) is -0.440. The molecule has 4 nitrogen and oxygen atoms in total. The fourth-order valence-corrected chi connectivity index (χ4v) is 1.85. The number of carbonyl (C=O) groups is 1. The van der Waals surface area contributed by atoms with Crippen molar-refractivity contribution in [2.75, 3.05) is 7.11 Å². The van der Waals surface area contributed by atoms with Crippen LogP contribution in [0.5, 0.6) is 0 Å². The van der Waals surface area contributed by atoms with Gasteiger partial charge in [-0.25, -0.2) is 9.18 Å². The maximum Gasteiger partial charge on any atom is 0.340 e. The topological polar surface area (TPSA) is 51.5 Å². The number of ether oxygens (including phenoxy) is 1. The molecule has 0 unspecified atom stereocenters. The van der Waals surface area contributed by atoms with E-state index in [-0.39, 0.29) is 11.6 Å². The Balaban J connectivity index is 2.00. The monoisotopic (exact) mass is 277 g/mol. The van der Waals surface area contributed by atoms with E-state index in [2.05, 4.69) is 10.1 Å². The number of rotatable bonds is 5. The Morgan fingerprint density at radius 2 is 2.25 bits per heavy atom. The Morgan fingerprint density at radius 3 is 2.85 bits per heavy atom. The molecule has 1 heterocycles. The first-order valence-electron chi connectivity index (χ1n) is 6.25. The first-order chi connectivity index (χ1) is 9.61. The van der Waals surface area contributed by atoms with E-state index in [0.29, 0.717) is 6.54 Å². The van der Waals surface area contributed by atoms with Gasteiger partial charge in [0.1, 0.15) is 11.6 Å². The Kier molecular flexibility index (Phi) is 4.53. The third-order valence-corrected chi connectivity index (χ3v) is 3.02. The zero-order valence-corrected chi connectivity index (χ0v) is 11.4. The summed E-state index contributed by atoms with van der Waals surface area (Å²) in [5.41, 5.74) is 0.684. The number of methoxy groups -OCH3 is 1. The van der Waals surface area contributed by atoms with Crippen molar-refractivity contribution in [3.63, 3.8) is 0 Å². The van der Waals surface area contributed by atoms with E-state index in [9.17, 15) is 9.18 Å². The molecule has 106 valence electrons.